The highest BCUT2D eigenvalue weighted by Gasteiger charge is 2.32. The van der Waals surface area contributed by atoms with E-state index in [1.165, 1.54) is 19.1 Å². The van der Waals surface area contributed by atoms with Crippen LogP contribution in [0.2, 0.25) is 0 Å². The molecule has 0 saturated heterocycles. The fourth-order valence-electron chi connectivity index (χ4n) is 3.02. The Kier molecular flexibility index (Phi) is 5.80. The summed E-state index contributed by atoms with van der Waals surface area (Å²) in [7, 11) is -4.20. The standard InChI is InChI=1S/C19H14F5NO5S/c1-9-5-10(3-4-14(9)29-19(22,23)24)17-16(15(8-26)30-25-17)11-6-12(20)18(13(21)7-11)31(2,27)28/h3-7,26H,8H2,1-2H3. The number of hydrogen-bond donors (Lipinski definition) is 1. The third-order valence-electron chi connectivity index (χ3n) is 4.24. The second-order valence-electron chi connectivity index (χ2n) is 6.56. The van der Waals surface area contributed by atoms with Crippen LogP contribution >= 0.6 is 0 Å². The molecule has 0 unspecified atom stereocenters. The summed E-state index contributed by atoms with van der Waals surface area (Å²) >= 11 is 0. The van der Waals surface area contributed by atoms with E-state index in [9.17, 15) is 35.5 Å². The van der Waals surface area contributed by atoms with E-state index in [0.29, 0.717) is 6.26 Å². The van der Waals surface area contributed by atoms with Gasteiger partial charge in [-0.05, 0) is 48.4 Å². The molecule has 12 heteroatoms. The molecule has 3 aromatic rings. The average Bonchev–Trinajstić information content (AvgIpc) is 3.04. The van der Waals surface area contributed by atoms with Crippen molar-refractivity contribution in [1.29, 1.82) is 0 Å². The van der Waals surface area contributed by atoms with Crippen LogP contribution in [-0.4, -0.2) is 31.3 Å². The first-order chi connectivity index (χ1) is 14.3. The molecule has 166 valence electrons. The summed E-state index contributed by atoms with van der Waals surface area (Å²) in [5, 5.41) is 13.3. The summed E-state index contributed by atoms with van der Waals surface area (Å²) in [6.07, 6.45) is -4.25. The molecule has 0 atom stereocenters. The Bertz CT molecular complexity index is 1230. The maximum Gasteiger partial charge on any atom is 0.573 e. The van der Waals surface area contributed by atoms with E-state index in [1.54, 1.807) is 0 Å². The lowest BCUT2D eigenvalue weighted by Gasteiger charge is -2.12. The number of aliphatic hydroxyl groups excluding tert-OH is 1. The minimum Gasteiger partial charge on any atom is -0.406 e. The normalized spacial score (nSPS) is 12.3. The number of aromatic nitrogens is 1. The molecule has 6 nitrogen and oxygen atoms in total. The van der Waals surface area contributed by atoms with Crippen molar-refractivity contribution in [2.24, 2.45) is 0 Å². The number of halogens is 5. The van der Waals surface area contributed by atoms with Gasteiger partial charge in [0.15, 0.2) is 15.6 Å². The second-order valence-corrected chi connectivity index (χ2v) is 8.51. The zero-order valence-electron chi connectivity index (χ0n) is 15.9. The number of hydrogen-bond acceptors (Lipinski definition) is 6. The van der Waals surface area contributed by atoms with E-state index in [2.05, 4.69) is 9.89 Å². The molecule has 0 spiro atoms. The molecule has 1 heterocycles. The van der Waals surface area contributed by atoms with Gasteiger partial charge < -0.3 is 14.4 Å². The van der Waals surface area contributed by atoms with Crippen molar-refractivity contribution in [2.45, 2.75) is 24.8 Å². The summed E-state index contributed by atoms with van der Waals surface area (Å²) in [5.41, 5.74) is 0.0226. The van der Waals surface area contributed by atoms with Crippen LogP contribution in [0.1, 0.15) is 11.3 Å². The van der Waals surface area contributed by atoms with E-state index in [1.807, 2.05) is 0 Å². The van der Waals surface area contributed by atoms with Gasteiger partial charge in [-0.15, -0.1) is 13.2 Å². The molecule has 0 aliphatic heterocycles. The second kappa shape index (κ2) is 7.93. The molecule has 0 saturated carbocycles. The summed E-state index contributed by atoms with van der Waals surface area (Å²) in [6, 6.07) is 5.00. The SMILES string of the molecule is Cc1cc(-c2noc(CO)c2-c2cc(F)c(S(C)(=O)=O)c(F)c2)ccc1OC(F)(F)F. The average molecular weight is 463 g/mol. The molecule has 1 aromatic heterocycles. The number of ether oxygens (including phenoxy) is 1. The van der Waals surface area contributed by atoms with Crippen LogP contribution in [0.3, 0.4) is 0 Å². The van der Waals surface area contributed by atoms with Crippen LogP contribution < -0.4 is 4.74 Å². The monoisotopic (exact) mass is 463 g/mol. The molecule has 1 N–H and O–H groups in total. The lowest BCUT2D eigenvalue weighted by atomic mass is 9.98. The van der Waals surface area contributed by atoms with E-state index in [-0.39, 0.29) is 33.7 Å². The molecule has 31 heavy (non-hydrogen) atoms. The highest BCUT2D eigenvalue weighted by molar-refractivity contribution is 7.90. The zero-order valence-corrected chi connectivity index (χ0v) is 16.7. The summed E-state index contributed by atoms with van der Waals surface area (Å²) in [5.74, 6) is -3.37. The molecule has 0 radical (unpaired) electrons. The van der Waals surface area contributed by atoms with Crippen molar-refractivity contribution in [3.63, 3.8) is 0 Å². The Morgan fingerprint density at radius 2 is 1.71 bits per heavy atom. The van der Waals surface area contributed by atoms with Crippen LogP contribution in [0.25, 0.3) is 22.4 Å². The highest BCUT2D eigenvalue weighted by Crippen LogP contribution is 2.38. The first-order valence-corrected chi connectivity index (χ1v) is 10.4. The Hall–Kier alpha value is -2.99. The van der Waals surface area contributed by atoms with Gasteiger partial charge in [-0.2, -0.15) is 0 Å². The molecule has 3 rings (SSSR count). The Morgan fingerprint density at radius 3 is 2.19 bits per heavy atom. The van der Waals surface area contributed by atoms with Gasteiger partial charge in [0.1, 0.15) is 34.6 Å². The summed E-state index contributed by atoms with van der Waals surface area (Å²) in [4.78, 5) is -1.12. The Balaban J connectivity index is 2.16. The van der Waals surface area contributed by atoms with Gasteiger partial charge in [0.25, 0.3) is 0 Å². The maximum atomic E-state index is 14.4. The smallest absolute Gasteiger partial charge is 0.406 e. The fraction of sp³-hybridized carbons (Fsp3) is 0.211. The quantitative estimate of drug-likeness (QED) is 0.565. The van der Waals surface area contributed by atoms with Gasteiger partial charge in [-0.25, -0.2) is 17.2 Å². The predicted molar refractivity (Wildman–Crippen MR) is 97.7 cm³/mol. The minimum absolute atomic E-state index is 0.0309. The number of benzene rings is 2. The van der Waals surface area contributed by atoms with Crippen molar-refractivity contribution in [3.05, 3.63) is 53.3 Å². The van der Waals surface area contributed by atoms with Crippen LogP contribution in [0, 0.1) is 18.6 Å². The number of aryl methyl sites for hydroxylation is 1. The molecule has 0 fully saturated rings. The van der Waals surface area contributed by atoms with Crippen LogP contribution in [0.4, 0.5) is 22.0 Å². The number of alkyl halides is 3. The predicted octanol–water partition coefficient (Wildman–Crippen LogP) is 4.39. The van der Waals surface area contributed by atoms with E-state index in [0.717, 1.165) is 18.2 Å². The lowest BCUT2D eigenvalue weighted by molar-refractivity contribution is -0.274. The fourth-order valence-corrected chi connectivity index (χ4v) is 3.85. The van der Waals surface area contributed by atoms with Gasteiger partial charge in [0.05, 0.1) is 5.56 Å². The molecule has 2 aromatic carbocycles. The maximum absolute atomic E-state index is 14.4. The number of aliphatic hydroxyl groups is 1. The molecule has 0 aliphatic carbocycles. The van der Waals surface area contributed by atoms with Crippen molar-refractivity contribution < 1.29 is 44.7 Å². The van der Waals surface area contributed by atoms with E-state index >= 15 is 0 Å². The van der Waals surface area contributed by atoms with Gasteiger partial charge in [0.2, 0.25) is 0 Å². The van der Waals surface area contributed by atoms with Crippen molar-refractivity contribution in [3.8, 4) is 28.1 Å². The van der Waals surface area contributed by atoms with Crippen LogP contribution in [-0.2, 0) is 16.4 Å². The topological polar surface area (TPSA) is 89.6 Å². The number of rotatable bonds is 5. The molecule has 0 aliphatic rings. The van der Waals surface area contributed by atoms with Crippen LogP contribution in [0.5, 0.6) is 5.75 Å². The zero-order chi connectivity index (χ0) is 23.1. The molecular weight excluding hydrogens is 449 g/mol. The van der Waals surface area contributed by atoms with Crippen molar-refractivity contribution >= 4 is 9.84 Å². The van der Waals surface area contributed by atoms with Crippen molar-refractivity contribution in [1.82, 2.24) is 5.16 Å². The summed E-state index contributed by atoms with van der Waals surface area (Å²) < 4.78 is 98.3. The molecule has 0 amide bonds. The van der Waals surface area contributed by atoms with Gasteiger partial charge in [-0.3, -0.25) is 0 Å². The third-order valence-corrected chi connectivity index (χ3v) is 5.37. The number of sulfone groups is 1. The first-order valence-electron chi connectivity index (χ1n) is 8.47. The van der Waals surface area contributed by atoms with Crippen LogP contribution in [0.15, 0.2) is 39.8 Å². The Morgan fingerprint density at radius 1 is 1.10 bits per heavy atom. The third kappa shape index (κ3) is 4.69. The minimum atomic E-state index is -4.90. The van der Waals surface area contributed by atoms with Crippen molar-refractivity contribution in [2.75, 3.05) is 6.26 Å². The largest absolute Gasteiger partial charge is 0.573 e. The first kappa shape index (κ1) is 22.7. The number of nitrogens with zero attached hydrogens (tertiary/aromatic N) is 1. The van der Waals surface area contributed by atoms with E-state index in [4.69, 9.17) is 4.52 Å². The van der Waals surface area contributed by atoms with Gasteiger partial charge in [-0.1, -0.05) is 5.16 Å². The lowest BCUT2D eigenvalue weighted by Crippen LogP contribution is -2.17. The molecule has 0 bridgehead atoms. The summed E-state index contributed by atoms with van der Waals surface area (Å²) in [6.45, 7) is 0.630. The van der Waals surface area contributed by atoms with Gasteiger partial charge >= 0.3 is 6.36 Å². The van der Waals surface area contributed by atoms with E-state index < -0.39 is 45.1 Å². The highest BCUT2D eigenvalue weighted by atomic mass is 32.2. The van der Waals surface area contributed by atoms with Gasteiger partial charge in [0, 0.05) is 11.8 Å². The Labute approximate surface area is 172 Å². The molecular formula is C19H14F5NO5S.